The second-order valence-electron chi connectivity index (χ2n) is 4.23. The van der Waals surface area contributed by atoms with E-state index < -0.39 is 0 Å². The standard InChI is InChI=1S/C14H12N2OS/c1-16-8-10(7-15-16)6-11-9-18-13-5-3-2-4-12(13)14(11)17/h2-8H,9H2,1H3. The first-order chi connectivity index (χ1) is 8.74. The molecule has 0 saturated carbocycles. The van der Waals surface area contributed by atoms with E-state index in [9.17, 15) is 4.79 Å². The van der Waals surface area contributed by atoms with Crippen LogP contribution in [0.4, 0.5) is 0 Å². The first-order valence-electron chi connectivity index (χ1n) is 5.70. The summed E-state index contributed by atoms with van der Waals surface area (Å²) in [6, 6.07) is 7.76. The molecular weight excluding hydrogens is 244 g/mol. The van der Waals surface area contributed by atoms with Crippen molar-refractivity contribution in [2.24, 2.45) is 7.05 Å². The van der Waals surface area contributed by atoms with Crippen LogP contribution in [0.5, 0.6) is 0 Å². The summed E-state index contributed by atoms with van der Waals surface area (Å²) in [5, 5.41) is 4.11. The first kappa shape index (κ1) is 11.3. The predicted octanol–water partition coefficient (Wildman–Crippen LogP) is 2.79. The van der Waals surface area contributed by atoms with Gasteiger partial charge in [0.05, 0.1) is 6.20 Å². The third-order valence-corrected chi connectivity index (χ3v) is 3.99. The topological polar surface area (TPSA) is 34.9 Å². The maximum absolute atomic E-state index is 12.3. The second-order valence-corrected chi connectivity index (χ2v) is 5.25. The first-order valence-corrected chi connectivity index (χ1v) is 6.68. The summed E-state index contributed by atoms with van der Waals surface area (Å²) < 4.78 is 1.74. The molecular formula is C14H12N2OS. The van der Waals surface area contributed by atoms with Crippen LogP contribution in [0.2, 0.25) is 0 Å². The molecule has 0 amide bonds. The van der Waals surface area contributed by atoms with Gasteiger partial charge in [-0.25, -0.2) is 0 Å². The Bertz CT molecular complexity index is 643. The average Bonchev–Trinajstić information content (AvgIpc) is 2.79. The van der Waals surface area contributed by atoms with Gasteiger partial charge in [-0.2, -0.15) is 5.10 Å². The van der Waals surface area contributed by atoms with E-state index in [0.717, 1.165) is 27.3 Å². The molecule has 0 spiro atoms. The molecule has 0 radical (unpaired) electrons. The molecule has 0 N–H and O–H groups in total. The smallest absolute Gasteiger partial charge is 0.191 e. The molecule has 1 aromatic heterocycles. The SMILES string of the molecule is Cn1cc(C=C2CSc3ccccc3C2=O)cn1. The Morgan fingerprint density at radius 1 is 1.39 bits per heavy atom. The minimum absolute atomic E-state index is 0.133. The zero-order valence-corrected chi connectivity index (χ0v) is 10.8. The second kappa shape index (κ2) is 4.46. The molecule has 2 heterocycles. The number of fused-ring (bicyclic) bond motifs is 1. The van der Waals surface area contributed by atoms with E-state index in [2.05, 4.69) is 5.10 Å². The molecule has 2 aromatic rings. The summed E-state index contributed by atoms with van der Waals surface area (Å²) in [6.45, 7) is 0. The monoisotopic (exact) mass is 256 g/mol. The molecule has 0 atom stereocenters. The summed E-state index contributed by atoms with van der Waals surface area (Å²) in [5.74, 6) is 0.860. The van der Waals surface area contributed by atoms with Gasteiger partial charge >= 0.3 is 0 Å². The zero-order chi connectivity index (χ0) is 12.5. The molecule has 18 heavy (non-hydrogen) atoms. The molecule has 0 unspecified atom stereocenters. The predicted molar refractivity (Wildman–Crippen MR) is 72.7 cm³/mol. The van der Waals surface area contributed by atoms with Crippen LogP contribution < -0.4 is 0 Å². The number of carbonyl (C=O) groups is 1. The van der Waals surface area contributed by atoms with Crippen molar-refractivity contribution in [2.75, 3.05) is 5.75 Å². The van der Waals surface area contributed by atoms with E-state index in [1.807, 2.05) is 43.6 Å². The largest absolute Gasteiger partial charge is 0.289 e. The molecule has 1 aromatic carbocycles. The fourth-order valence-electron chi connectivity index (χ4n) is 2.00. The molecule has 0 fully saturated rings. The highest BCUT2D eigenvalue weighted by atomic mass is 32.2. The highest BCUT2D eigenvalue weighted by Crippen LogP contribution is 2.32. The fraction of sp³-hybridized carbons (Fsp3) is 0.143. The van der Waals surface area contributed by atoms with Crippen LogP contribution in [-0.4, -0.2) is 21.3 Å². The molecule has 0 aliphatic carbocycles. The van der Waals surface area contributed by atoms with Gasteiger partial charge in [-0.3, -0.25) is 9.48 Å². The van der Waals surface area contributed by atoms with Gasteiger partial charge in [0.1, 0.15) is 0 Å². The van der Waals surface area contributed by atoms with Crippen LogP contribution in [0, 0.1) is 0 Å². The van der Waals surface area contributed by atoms with Crippen LogP contribution in [0.25, 0.3) is 6.08 Å². The third kappa shape index (κ3) is 1.99. The molecule has 1 aliphatic rings. The van der Waals surface area contributed by atoms with Crippen molar-refractivity contribution in [2.45, 2.75) is 4.90 Å². The minimum Gasteiger partial charge on any atom is -0.289 e. The van der Waals surface area contributed by atoms with Gasteiger partial charge < -0.3 is 0 Å². The Balaban J connectivity index is 1.98. The number of benzene rings is 1. The Labute approximate surface area is 110 Å². The van der Waals surface area contributed by atoms with E-state index in [4.69, 9.17) is 0 Å². The van der Waals surface area contributed by atoms with Crippen LogP contribution in [-0.2, 0) is 7.05 Å². The molecule has 3 rings (SSSR count). The van der Waals surface area contributed by atoms with Gasteiger partial charge in [-0.15, -0.1) is 11.8 Å². The van der Waals surface area contributed by atoms with E-state index in [1.165, 1.54) is 0 Å². The van der Waals surface area contributed by atoms with Crippen molar-refractivity contribution in [1.82, 2.24) is 9.78 Å². The van der Waals surface area contributed by atoms with Crippen molar-refractivity contribution < 1.29 is 4.79 Å². The van der Waals surface area contributed by atoms with E-state index in [1.54, 1.807) is 22.6 Å². The van der Waals surface area contributed by atoms with Crippen molar-refractivity contribution in [3.05, 3.63) is 53.4 Å². The summed E-state index contributed by atoms with van der Waals surface area (Å²) in [7, 11) is 1.87. The maximum Gasteiger partial charge on any atom is 0.191 e. The number of thioether (sulfide) groups is 1. The normalized spacial score (nSPS) is 16.9. The quantitative estimate of drug-likeness (QED) is 0.736. The summed E-state index contributed by atoms with van der Waals surface area (Å²) >= 11 is 1.71. The number of hydrogen-bond acceptors (Lipinski definition) is 3. The van der Waals surface area contributed by atoms with Crippen LogP contribution >= 0.6 is 11.8 Å². The Kier molecular flexibility index (Phi) is 2.80. The number of rotatable bonds is 1. The number of aryl methyl sites for hydroxylation is 1. The van der Waals surface area contributed by atoms with Crippen LogP contribution in [0.1, 0.15) is 15.9 Å². The third-order valence-electron chi connectivity index (χ3n) is 2.87. The Morgan fingerprint density at radius 3 is 3.00 bits per heavy atom. The Morgan fingerprint density at radius 2 is 2.22 bits per heavy atom. The summed E-state index contributed by atoms with van der Waals surface area (Å²) in [4.78, 5) is 13.4. The molecule has 90 valence electrons. The van der Waals surface area contributed by atoms with Gasteiger partial charge in [0, 0.05) is 40.6 Å². The lowest BCUT2D eigenvalue weighted by molar-refractivity contribution is 0.103. The number of ketones is 1. The Hall–Kier alpha value is -1.81. The van der Waals surface area contributed by atoms with E-state index >= 15 is 0 Å². The van der Waals surface area contributed by atoms with Gasteiger partial charge in [0.15, 0.2) is 5.78 Å². The fourth-order valence-corrected chi connectivity index (χ4v) is 3.01. The molecule has 0 bridgehead atoms. The van der Waals surface area contributed by atoms with Gasteiger partial charge in [0.2, 0.25) is 0 Å². The van der Waals surface area contributed by atoms with Crippen molar-refractivity contribution in [3.63, 3.8) is 0 Å². The molecule has 0 saturated heterocycles. The van der Waals surface area contributed by atoms with Crippen molar-refractivity contribution in [1.29, 1.82) is 0 Å². The van der Waals surface area contributed by atoms with Gasteiger partial charge in [0.25, 0.3) is 0 Å². The average molecular weight is 256 g/mol. The number of aromatic nitrogens is 2. The van der Waals surface area contributed by atoms with E-state index in [0.29, 0.717) is 0 Å². The van der Waals surface area contributed by atoms with Gasteiger partial charge in [-0.1, -0.05) is 12.1 Å². The van der Waals surface area contributed by atoms with E-state index in [-0.39, 0.29) is 5.78 Å². The summed E-state index contributed by atoms with van der Waals surface area (Å²) in [6.07, 6.45) is 5.61. The number of Topliss-reactive ketones (excluding diaryl/α,β-unsaturated/α-hetero) is 1. The van der Waals surface area contributed by atoms with Crippen LogP contribution in [0.3, 0.4) is 0 Å². The highest BCUT2D eigenvalue weighted by Gasteiger charge is 2.21. The lowest BCUT2D eigenvalue weighted by Crippen LogP contribution is -2.11. The zero-order valence-electron chi connectivity index (χ0n) is 9.96. The molecule has 1 aliphatic heterocycles. The number of hydrogen-bond donors (Lipinski definition) is 0. The van der Waals surface area contributed by atoms with Gasteiger partial charge in [-0.05, 0) is 18.2 Å². The molecule has 4 heteroatoms. The molecule has 3 nitrogen and oxygen atoms in total. The van der Waals surface area contributed by atoms with Crippen molar-refractivity contribution in [3.8, 4) is 0 Å². The highest BCUT2D eigenvalue weighted by molar-refractivity contribution is 7.99. The minimum atomic E-state index is 0.133. The van der Waals surface area contributed by atoms with Crippen molar-refractivity contribution >= 4 is 23.6 Å². The lowest BCUT2D eigenvalue weighted by atomic mass is 10.0. The lowest BCUT2D eigenvalue weighted by Gasteiger charge is -2.16. The van der Waals surface area contributed by atoms with Crippen LogP contribution in [0.15, 0.2) is 47.1 Å². The number of carbonyl (C=O) groups excluding carboxylic acids is 1. The summed E-state index contributed by atoms with van der Waals surface area (Å²) in [5.41, 5.74) is 2.62. The number of nitrogens with zero attached hydrogens (tertiary/aromatic N) is 2. The maximum atomic E-state index is 12.3.